The fourth-order valence-electron chi connectivity index (χ4n) is 4.54. The van der Waals surface area contributed by atoms with E-state index in [0.717, 1.165) is 22.3 Å². The van der Waals surface area contributed by atoms with Gasteiger partial charge in [0.1, 0.15) is 12.6 Å². The maximum absolute atomic E-state index is 14.0. The SMILES string of the molecule is CCNC(=O)[C@H](CC)N(CCc1ccccc1)C(=O)CN(c1cccc(C)c1C)S(=O)(=O)c1ccc(C)cc1. The van der Waals surface area contributed by atoms with Crippen LogP contribution in [0.15, 0.2) is 77.7 Å². The molecule has 2 amide bonds. The van der Waals surface area contributed by atoms with Gasteiger partial charge in [0.15, 0.2) is 0 Å². The summed E-state index contributed by atoms with van der Waals surface area (Å²) >= 11 is 0. The van der Waals surface area contributed by atoms with Crippen LogP contribution in [0, 0.1) is 20.8 Å². The molecule has 0 heterocycles. The number of nitrogens with zero attached hydrogens (tertiary/aromatic N) is 2. The Morgan fingerprint density at radius 1 is 0.872 bits per heavy atom. The zero-order chi connectivity index (χ0) is 28.6. The van der Waals surface area contributed by atoms with Crippen LogP contribution in [0.1, 0.15) is 42.5 Å². The first-order chi connectivity index (χ1) is 18.6. The van der Waals surface area contributed by atoms with Gasteiger partial charge in [0.25, 0.3) is 10.0 Å². The van der Waals surface area contributed by atoms with Crippen LogP contribution in [0.3, 0.4) is 0 Å². The average Bonchev–Trinajstić information content (AvgIpc) is 2.92. The van der Waals surface area contributed by atoms with Crippen LogP contribution >= 0.6 is 0 Å². The first-order valence-electron chi connectivity index (χ1n) is 13.4. The van der Waals surface area contributed by atoms with Gasteiger partial charge in [-0.15, -0.1) is 0 Å². The highest BCUT2D eigenvalue weighted by Crippen LogP contribution is 2.29. The van der Waals surface area contributed by atoms with Crippen molar-refractivity contribution in [3.63, 3.8) is 0 Å². The van der Waals surface area contributed by atoms with Crippen molar-refractivity contribution in [3.05, 3.63) is 95.1 Å². The highest BCUT2D eigenvalue weighted by molar-refractivity contribution is 7.92. The van der Waals surface area contributed by atoms with E-state index in [1.54, 1.807) is 36.4 Å². The zero-order valence-corrected chi connectivity index (χ0v) is 24.3. The molecule has 0 bridgehead atoms. The number of anilines is 1. The number of hydrogen-bond donors (Lipinski definition) is 1. The normalized spacial score (nSPS) is 12.0. The summed E-state index contributed by atoms with van der Waals surface area (Å²) in [5.41, 5.74) is 4.09. The van der Waals surface area contributed by atoms with Gasteiger partial charge in [-0.05, 0) is 75.4 Å². The number of rotatable bonds is 12. The number of carbonyl (C=O) groups excluding carboxylic acids is 2. The van der Waals surface area contributed by atoms with Gasteiger partial charge in [-0.25, -0.2) is 8.42 Å². The number of likely N-dealkylation sites (N-methyl/N-ethyl adjacent to an activating group) is 1. The standard InChI is InChI=1S/C31H39N3O4S/c1-6-28(31(36)32-7-2)33(21-20-26-13-9-8-10-14-26)30(35)22-34(29-15-11-12-24(4)25(29)5)39(37,38)27-18-16-23(3)17-19-27/h8-19,28H,6-7,20-22H2,1-5H3,(H,32,36)/t28-/m0/s1. The second kappa shape index (κ2) is 13.4. The Labute approximate surface area is 232 Å². The van der Waals surface area contributed by atoms with Crippen LogP contribution in [0.25, 0.3) is 0 Å². The minimum Gasteiger partial charge on any atom is -0.355 e. The van der Waals surface area contributed by atoms with E-state index in [2.05, 4.69) is 5.32 Å². The first kappa shape index (κ1) is 29.9. The molecular weight excluding hydrogens is 510 g/mol. The third kappa shape index (κ3) is 7.26. The molecule has 7 nitrogen and oxygen atoms in total. The number of amides is 2. The van der Waals surface area contributed by atoms with Crippen molar-refractivity contribution in [3.8, 4) is 0 Å². The molecule has 0 radical (unpaired) electrons. The van der Waals surface area contributed by atoms with Crippen molar-refractivity contribution in [2.75, 3.05) is 23.9 Å². The van der Waals surface area contributed by atoms with Gasteiger partial charge in [-0.2, -0.15) is 0 Å². The molecule has 0 saturated carbocycles. The Balaban J connectivity index is 2.05. The lowest BCUT2D eigenvalue weighted by molar-refractivity contribution is -0.139. The molecule has 0 aliphatic carbocycles. The number of benzene rings is 3. The quantitative estimate of drug-likeness (QED) is 0.352. The van der Waals surface area contributed by atoms with Gasteiger partial charge < -0.3 is 10.2 Å². The summed E-state index contributed by atoms with van der Waals surface area (Å²) in [6.07, 6.45) is 0.942. The van der Waals surface area contributed by atoms with Gasteiger partial charge in [0, 0.05) is 13.1 Å². The molecular formula is C31H39N3O4S. The minimum atomic E-state index is -4.08. The van der Waals surface area contributed by atoms with Gasteiger partial charge in [-0.3, -0.25) is 13.9 Å². The fourth-order valence-corrected chi connectivity index (χ4v) is 6.02. The molecule has 0 aliphatic rings. The van der Waals surface area contributed by atoms with Crippen molar-refractivity contribution < 1.29 is 18.0 Å². The average molecular weight is 550 g/mol. The summed E-state index contributed by atoms with van der Waals surface area (Å²) in [5.74, 6) is -0.679. The molecule has 1 atom stereocenters. The highest BCUT2D eigenvalue weighted by Gasteiger charge is 2.34. The van der Waals surface area contributed by atoms with E-state index < -0.39 is 28.5 Å². The molecule has 3 rings (SSSR count). The molecule has 0 saturated heterocycles. The number of hydrogen-bond acceptors (Lipinski definition) is 4. The Morgan fingerprint density at radius 2 is 1.54 bits per heavy atom. The molecule has 3 aromatic carbocycles. The van der Waals surface area contributed by atoms with Gasteiger partial charge >= 0.3 is 0 Å². The molecule has 39 heavy (non-hydrogen) atoms. The molecule has 0 fully saturated rings. The van der Waals surface area contributed by atoms with Crippen LogP contribution in [0.5, 0.6) is 0 Å². The molecule has 208 valence electrons. The summed E-state index contributed by atoms with van der Waals surface area (Å²) in [4.78, 5) is 28.7. The molecule has 0 unspecified atom stereocenters. The number of sulfonamides is 1. The zero-order valence-electron chi connectivity index (χ0n) is 23.5. The first-order valence-corrected chi connectivity index (χ1v) is 14.8. The number of aryl methyl sites for hydroxylation is 2. The van der Waals surface area contributed by atoms with Crippen LogP contribution in [0.2, 0.25) is 0 Å². The van der Waals surface area contributed by atoms with Gasteiger partial charge in [0.2, 0.25) is 11.8 Å². The highest BCUT2D eigenvalue weighted by atomic mass is 32.2. The lowest BCUT2D eigenvalue weighted by Crippen LogP contribution is -2.53. The number of nitrogens with one attached hydrogen (secondary N) is 1. The lowest BCUT2D eigenvalue weighted by Gasteiger charge is -2.33. The smallest absolute Gasteiger partial charge is 0.264 e. The Hall–Kier alpha value is -3.65. The molecule has 8 heteroatoms. The molecule has 1 N–H and O–H groups in total. The minimum absolute atomic E-state index is 0.105. The second-order valence-electron chi connectivity index (χ2n) is 9.69. The Kier molecular flexibility index (Phi) is 10.3. The van der Waals surface area contributed by atoms with E-state index in [1.807, 2.05) is 71.0 Å². The molecule has 0 spiro atoms. The number of carbonyl (C=O) groups is 2. The van der Waals surface area contributed by atoms with Crippen molar-refractivity contribution >= 4 is 27.5 Å². The van der Waals surface area contributed by atoms with Crippen molar-refractivity contribution in [2.24, 2.45) is 0 Å². The van der Waals surface area contributed by atoms with Crippen molar-refractivity contribution in [1.82, 2.24) is 10.2 Å². The predicted molar refractivity (Wildman–Crippen MR) is 156 cm³/mol. The summed E-state index contributed by atoms with van der Waals surface area (Å²) in [6.45, 7) is 9.63. The fraction of sp³-hybridized carbons (Fsp3) is 0.355. The Bertz CT molecular complexity index is 1370. The van der Waals surface area contributed by atoms with E-state index in [4.69, 9.17) is 0 Å². The maximum Gasteiger partial charge on any atom is 0.264 e. The van der Waals surface area contributed by atoms with Crippen molar-refractivity contribution in [2.45, 2.75) is 58.4 Å². The summed E-state index contributed by atoms with van der Waals surface area (Å²) in [6, 6.07) is 21.0. The van der Waals surface area contributed by atoms with Gasteiger partial charge in [-0.1, -0.05) is 67.1 Å². The maximum atomic E-state index is 14.0. The predicted octanol–water partition coefficient (Wildman–Crippen LogP) is 4.79. The van der Waals surface area contributed by atoms with E-state index in [9.17, 15) is 18.0 Å². The third-order valence-electron chi connectivity index (χ3n) is 6.95. The molecule has 0 aliphatic heterocycles. The van der Waals surface area contributed by atoms with Crippen LogP contribution < -0.4 is 9.62 Å². The van der Waals surface area contributed by atoms with E-state index in [1.165, 1.54) is 9.21 Å². The lowest BCUT2D eigenvalue weighted by atomic mass is 10.1. The molecule has 0 aromatic heterocycles. The van der Waals surface area contributed by atoms with E-state index >= 15 is 0 Å². The summed E-state index contributed by atoms with van der Waals surface area (Å²) < 4.78 is 29.2. The summed E-state index contributed by atoms with van der Waals surface area (Å²) in [7, 11) is -4.08. The van der Waals surface area contributed by atoms with Gasteiger partial charge in [0.05, 0.1) is 10.6 Å². The van der Waals surface area contributed by atoms with Crippen LogP contribution in [-0.2, 0) is 26.0 Å². The van der Waals surface area contributed by atoms with Crippen LogP contribution in [0.4, 0.5) is 5.69 Å². The second-order valence-corrected chi connectivity index (χ2v) is 11.5. The van der Waals surface area contributed by atoms with E-state index in [-0.39, 0.29) is 17.3 Å². The monoisotopic (exact) mass is 549 g/mol. The Morgan fingerprint density at radius 3 is 2.15 bits per heavy atom. The third-order valence-corrected chi connectivity index (χ3v) is 8.73. The summed E-state index contributed by atoms with van der Waals surface area (Å²) in [5, 5.41) is 2.83. The molecule has 3 aromatic rings. The topological polar surface area (TPSA) is 86.8 Å². The van der Waals surface area contributed by atoms with Crippen molar-refractivity contribution in [1.29, 1.82) is 0 Å². The van der Waals surface area contributed by atoms with Crippen LogP contribution in [-0.4, -0.2) is 50.8 Å². The van der Waals surface area contributed by atoms with E-state index in [0.29, 0.717) is 25.1 Å². The largest absolute Gasteiger partial charge is 0.355 e.